The molecule has 0 atom stereocenters. The second-order valence-electron chi connectivity index (χ2n) is 5.91. The number of nitrogens with zero attached hydrogens (tertiary/aromatic N) is 2. The van der Waals surface area contributed by atoms with Gasteiger partial charge in [0.2, 0.25) is 0 Å². The van der Waals surface area contributed by atoms with Gasteiger partial charge in [0, 0.05) is 30.7 Å². The number of nitrogens with two attached hydrogens (primary N) is 1. The number of hydrogen-bond donors (Lipinski definition) is 3. The maximum absolute atomic E-state index is 12.9. The lowest BCUT2D eigenvalue weighted by molar-refractivity contribution is 0.653. The van der Waals surface area contributed by atoms with Gasteiger partial charge in [0.15, 0.2) is 0 Å². The van der Waals surface area contributed by atoms with Crippen LogP contribution in [0.2, 0.25) is 0 Å². The van der Waals surface area contributed by atoms with E-state index in [1.807, 2.05) is 11.5 Å². The highest BCUT2D eigenvalue weighted by molar-refractivity contribution is 6.04. The average Bonchev–Trinajstić information content (AvgIpc) is 3.11. The monoisotopic (exact) mass is 297 g/mol. The van der Waals surface area contributed by atoms with Crippen LogP contribution >= 0.6 is 0 Å². The van der Waals surface area contributed by atoms with E-state index < -0.39 is 0 Å². The third-order valence-electron chi connectivity index (χ3n) is 4.49. The number of rotatable bonds is 3. The molecular formula is C16H19N5O. The topological polar surface area (TPSA) is 88.7 Å². The SMILES string of the molecule is Cc1[nH]nc2c1c(=O)n(CCCN)c1cc3c(cc21)CNC3. The van der Waals surface area contributed by atoms with Crippen LogP contribution in [0.3, 0.4) is 0 Å². The third kappa shape index (κ3) is 1.81. The van der Waals surface area contributed by atoms with Crippen LogP contribution in [0.1, 0.15) is 23.2 Å². The van der Waals surface area contributed by atoms with Crippen LogP contribution in [0, 0.1) is 6.92 Å². The first-order chi connectivity index (χ1) is 10.7. The average molecular weight is 297 g/mol. The van der Waals surface area contributed by atoms with E-state index in [1.54, 1.807) is 0 Å². The van der Waals surface area contributed by atoms with Gasteiger partial charge in [-0.05, 0) is 43.1 Å². The first-order valence-corrected chi connectivity index (χ1v) is 7.64. The first-order valence-electron chi connectivity index (χ1n) is 7.64. The number of hydrogen-bond acceptors (Lipinski definition) is 4. The van der Waals surface area contributed by atoms with E-state index >= 15 is 0 Å². The smallest absolute Gasteiger partial charge is 0.262 e. The molecule has 0 unspecified atom stereocenters. The van der Waals surface area contributed by atoms with Gasteiger partial charge in [-0.25, -0.2) is 0 Å². The lowest BCUT2D eigenvalue weighted by Gasteiger charge is -2.12. The molecule has 0 spiro atoms. The Kier molecular flexibility index (Phi) is 3.02. The van der Waals surface area contributed by atoms with Crippen LogP contribution in [0.15, 0.2) is 16.9 Å². The van der Waals surface area contributed by atoms with Crippen molar-refractivity contribution in [3.8, 4) is 0 Å². The van der Waals surface area contributed by atoms with Gasteiger partial charge in [-0.3, -0.25) is 9.89 Å². The molecule has 0 radical (unpaired) electrons. The molecular weight excluding hydrogens is 278 g/mol. The van der Waals surface area contributed by atoms with E-state index in [1.165, 1.54) is 11.1 Å². The number of benzene rings is 1. The molecule has 1 aliphatic rings. The molecule has 0 fully saturated rings. The maximum atomic E-state index is 12.9. The summed E-state index contributed by atoms with van der Waals surface area (Å²) >= 11 is 0. The van der Waals surface area contributed by atoms with Crippen LogP contribution in [-0.4, -0.2) is 21.3 Å². The van der Waals surface area contributed by atoms with Crippen molar-refractivity contribution in [1.82, 2.24) is 20.1 Å². The molecule has 0 aliphatic carbocycles. The van der Waals surface area contributed by atoms with Crippen molar-refractivity contribution in [2.75, 3.05) is 6.54 Å². The molecule has 1 aliphatic heterocycles. The number of fused-ring (bicyclic) bond motifs is 4. The van der Waals surface area contributed by atoms with E-state index in [0.29, 0.717) is 18.5 Å². The predicted molar refractivity (Wildman–Crippen MR) is 86.8 cm³/mol. The van der Waals surface area contributed by atoms with Crippen molar-refractivity contribution < 1.29 is 0 Å². The van der Waals surface area contributed by atoms with Crippen molar-refractivity contribution in [3.05, 3.63) is 39.3 Å². The predicted octanol–water partition coefficient (Wildman–Crippen LogP) is 1.14. The summed E-state index contributed by atoms with van der Waals surface area (Å²) in [5, 5.41) is 12.4. The van der Waals surface area contributed by atoms with Gasteiger partial charge in [0.05, 0.1) is 10.9 Å². The minimum atomic E-state index is 0.0214. The molecule has 0 bridgehead atoms. The van der Waals surface area contributed by atoms with E-state index in [4.69, 9.17) is 5.73 Å². The Morgan fingerprint density at radius 2 is 2.09 bits per heavy atom. The van der Waals surface area contributed by atoms with E-state index in [-0.39, 0.29) is 5.56 Å². The van der Waals surface area contributed by atoms with Crippen LogP contribution in [0.25, 0.3) is 21.8 Å². The summed E-state index contributed by atoms with van der Waals surface area (Å²) in [5.74, 6) is 0. The summed E-state index contributed by atoms with van der Waals surface area (Å²) in [6.07, 6.45) is 0.784. The molecule has 4 rings (SSSR count). The van der Waals surface area contributed by atoms with E-state index in [0.717, 1.165) is 41.6 Å². The lowest BCUT2D eigenvalue weighted by Crippen LogP contribution is -2.22. The van der Waals surface area contributed by atoms with Crippen LogP contribution in [0.5, 0.6) is 0 Å². The Morgan fingerprint density at radius 3 is 2.86 bits per heavy atom. The Hall–Kier alpha value is -2.18. The van der Waals surface area contributed by atoms with Gasteiger partial charge >= 0.3 is 0 Å². The summed E-state index contributed by atoms with van der Waals surface area (Å²) < 4.78 is 1.85. The van der Waals surface area contributed by atoms with Gasteiger partial charge in [-0.15, -0.1) is 0 Å². The first kappa shape index (κ1) is 13.5. The number of pyridine rings is 1. The normalized spacial score (nSPS) is 14.1. The number of aromatic nitrogens is 3. The highest BCUT2D eigenvalue weighted by Crippen LogP contribution is 2.28. The Bertz CT molecular complexity index is 937. The van der Waals surface area contributed by atoms with Crippen LogP contribution in [0.4, 0.5) is 0 Å². The molecule has 6 nitrogen and oxygen atoms in total. The van der Waals surface area contributed by atoms with Gasteiger partial charge in [0.25, 0.3) is 5.56 Å². The van der Waals surface area contributed by atoms with E-state index in [9.17, 15) is 4.79 Å². The third-order valence-corrected chi connectivity index (χ3v) is 4.49. The molecule has 6 heteroatoms. The van der Waals surface area contributed by atoms with Gasteiger partial charge in [-0.1, -0.05) is 0 Å². The fourth-order valence-corrected chi connectivity index (χ4v) is 3.35. The van der Waals surface area contributed by atoms with Crippen molar-refractivity contribution in [3.63, 3.8) is 0 Å². The Morgan fingerprint density at radius 1 is 1.32 bits per heavy atom. The number of H-pyrrole nitrogens is 1. The zero-order valence-electron chi connectivity index (χ0n) is 12.6. The Balaban J connectivity index is 2.14. The van der Waals surface area contributed by atoms with Crippen LogP contribution in [-0.2, 0) is 19.6 Å². The summed E-state index contributed by atoms with van der Waals surface area (Å²) in [6.45, 7) is 4.83. The molecule has 2 aromatic heterocycles. The highest BCUT2D eigenvalue weighted by atomic mass is 16.1. The molecule has 3 heterocycles. The second kappa shape index (κ2) is 4.93. The van der Waals surface area contributed by atoms with Crippen molar-refractivity contribution in [2.45, 2.75) is 33.0 Å². The standard InChI is InChI=1S/C16H19N5O/c1-9-14-15(20-19-9)12-5-10-7-18-8-11(10)6-13(12)21(16(14)22)4-2-3-17/h5-6,18H,2-4,7-8,17H2,1H3,(H,19,20). The van der Waals surface area contributed by atoms with Gasteiger partial charge in [-0.2, -0.15) is 5.10 Å². The maximum Gasteiger partial charge on any atom is 0.262 e. The van der Waals surface area contributed by atoms with Crippen molar-refractivity contribution in [2.24, 2.45) is 5.73 Å². The summed E-state index contributed by atoms with van der Waals surface area (Å²) in [4.78, 5) is 12.9. The largest absolute Gasteiger partial charge is 0.330 e. The Labute approximate surface area is 127 Å². The molecule has 0 saturated heterocycles. The molecule has 114 valence electrons. The van der Waals surface area contributed by atoms with E-state index in [2.05, 4.69) is 27.6 Å². The fourth-order valence-electron chi connectivity index (χ4n) is 3.35. The molecule has 4 N–H and O–H groups in total. The minimum Gasteiger partial charge on any atom is -0.330 e. The summed E-state index contributed by atoms with van der Waals surface area (Å²) in [6, 6.07) is 4.30. The van der Waals surface area contributed by atoms with Gasteiger partial charge < -0.3 is 15.6 Å². The zero-order chi connectivity index (χ0) is 15.3. The lowest BCUT2D eigenvalue weighted by atomic mass is 10.0. The molecule has 0 saturated carbocycles. The summed E-state index contributed by atoms with van der Waals surface area (Å²) in [7, 11) is 0. The molecule has 1 aromatic carbocycles. The number of aryl methyl sites for hydroxylation is 2. The second-order valence-corrected chi connectivity index (χ2v) is 5.91. The number of aromatic amines is 1. The fraction of sp³-hybridized carbons (Fsp3) is 0.375. The highest BCUT2D eigenvalue weighted by Gasteiger charge is 2.19. The molecule has 0 amide bonds. The molecule has 22 heavy (non-hydrogen) atoms. The quantitative estimate of drug-likeness (QED) is 0.676. The van der Waals surface area contributed by atoms with Crippen molar-refractivity contribution >= 4 is 21.8 Å². The number of nitrogens with one attached hydrogen (secondary N) is 2. The summed E-state index contributed by atoms with van der Waals surface area (Å²) in [5.41, 5.74) is 10.8. The minimum absolute atomic E-state index is 0.0214. The zero-order valence-corrected chi connectivity index (χ0v) is 12.6. The molecule has 3 aromatic rings. The van der Waals surface area contributed by atoms with Crippen LogP contribution < -0.4 is 16.6 Å². The van der Waals surface area contributed by atoms with Crippen molar-refractivity contribution in [1.29, 1.82) is 0 Å². The van der Waals surface area contributed by atoms with Gasteiger partial charge in [0.1, 0.15) is 5.52 Å².